The van der Waals surface area contributed by atoms with E-state index in [1.165, 1.54) is 11.1 Å². The molecule has 0 aliphatic carbocycles. The highest BCUT2D eigenvalue weighted by atomic mass is 79.9. The summed E-state index contributed by atoms with van der Waals surface area (Å²) in [6.07, 6.45) is 0. The molecule has 0 aliphatic heterocycles. The van der Waals surface area contributed by atoms with Crippen molar-refractivity contribution in [3.63, 3.8) is 0 Å². The van der Waals surface area contributed by atoms with Crippen LogP contribution >= 0.6 is 31.9 Å². The van der Waals surface area contributed by atoms with Crippen LogP contribution in [0.4, 0.5) is 0 Å². The molecule has 96 valence electrons. The maximum atomic E-state index is 5.67. The normalized spacial score (nSPS) is 12.7. The summed E-state index contributed by atoms with van der Waals surface area (Å²) in [6, 6.07) is 10.4. The van der Waals surface area contributed by atoms with Crippen molar-refractivity contribution in [3.8, 4) is 0 Å². The van der Waals surface area contributed by atoms with Crippen molar-refractivity contribution in [1.82, 2.24) is 5.32 Å². The molecule has 1 aromatic carbocycles. The highest BCUT2D eigenvalue weighted by Crippen LogP contribution is 2.28. The van der Waals surface area contributed by atoms with E-state index in [-0.39, 0.29) is 6.04 Å². The Kier molecular flexibility index (Phi) is 4.65. The van der Waals surface area contributed by atoms with Crippen LogP contribution in [0.2, 0.25) is 0 Å². The minimum atomic E-state index is 0.0810. The van der Waals surface area contributed by atoms with Crippen LogP contribution in [-0.2, 0) is 0 Å². The van der Waals surface area contributed by atoms with Gasteiger partial charge in [-0.25, -0.2) is 0 Å². The van der Waals surface area contributed by atoms with Gasteiger partial charge in [-0.2, -0.15) is 0 Å². The van der Waals surface area contributed by atoms with Gasteiger partial charge in [0.15, 0.2) is 4.67 Å². The van der Waals surface area contributed by atoms with E-state index in [2.05, 4.69) is 69.2 Å². The quantitative estimate of drug-likeness (QED) is 0.832. The van der Waals surface area contributed by atoms with Gasteiger partial charge in [-0.1, -0.05) is 28.9 Å². The molecule has 0 fully saturated rings. The van der Waals surface area contributed by atoms with Crippen LogP contribution in [0.15, 0.2) is 43.9 Å². The molecule has 4 heteroatoms. The molecular weight excluding hydrogens is 358 g/mol. The predicted molar refractivity (Wildman–Crippen MR) is 80.8 cm³/mol. The molecule has 0 bridgehead atoms. The van der Waals surface area contributed by atoms with Gasteiger partial charge < -0.3 is 9.73 Å². The molecule has 1 N–H and O–H groups in total. The molecule has 0 radical (unpaired) electrons. The standard InChI is InChI=1S/C14H15Br2NO/c1-3-17-14(12-4-5-13(16)18-12)10-6-9(2)7-11(15)8-10/h4-8,14,17H,3H2,1-2H3. The van der Waals surface area contributed by atoms with E-state index in [0.717, 1.165) is 21.4 Å². The lowest BCUT2D eigenvalue weighted by Crippen LogP contribution is -2.21. The average molecular weight is 373 g/mol. The first-order valence-corrected chi connectivity index (χ1v) is 7.44. The number of benzene rings is 1. The third kappa shape index (κ3) is 3.25. The van der Waals surface area contributed by atoms with E-state index < -0.39 is 0 Å². The number of furan rings is 1. The molecule has 0 amide bonds. The second-order valence-electron chi connectivity index (χ2n) is 4.19. The molecule has 0 saturated carbocycles. The van der Waals surface area contributed by atoms with E-state index in [4.69, 9.17) is 4.42 Å². The molecule has 1 atom stereocenters. The smallest absolute Gasteiger partial charge is 0.169 e. The van der Waals surface area contributed by atoms with Crippen LogP contribution < -0.4 is 5.32 Å². The fourth-order valence-electron chi connectivity index (χ4n) is 2.00. The molecule has 0 aliphatic rings. The maximum Gasteiger partial charge on any atom is 0.169 e. The van der Waals surface area contributed by atoms with Crippen LogP contribution in [0, 0.1) is 6.92 Å². The highest BCUT2D eigenvalue weighted by molar-refractivity contribution is 9.10. The van der Waals surface area contributed by atoms with Crippen molar-refractivity contribution in [1.29, 1.82) is 0 Å². The largest absolute Gasteiger partial charge is 0.452 e. The Morgan fingerprint density at radius 1 is 1.22 bits per heavy atom. The zero-order chi connectivity index (χ0) is 13.1. The van der Waals surface area contributed by atoms with Crippen molar-refractivity contribution < 1.29 is 4.42 Å². The second-order valence-corrected chi connectivity index (χ2v) is 5.89. The van der Waals surface area contributed by atoms with Gasteiger partial charge in [0.25, 0.3) is 0 Å². The SMILES string of the molecule is CCNC(c1cc(C)cc(Br)c1)c1ccc(Br)o1. The molecule has 18 heavy (non-hydrogen) atoms. The van der Waals surface area contributed by atoms with Gasteiger partial charge in [-0.15, -0.1) is 0 Å². The van der Waals surface area contributed by atoms with Crippen LogP contribution in [0.1, 0.15) is 29.9 Å². The summed E-state index contributed by atoms with van der Waals surface area (Å²) >= 11 is 6.89. The number of halogens is 2. The first-order chi connectivity index (χ1) is 8.60. The summed E-state index contributed by atoms with van der Waals surface area (Å²) in [4.78, 5) is 0. The minimum Gasteiger partial charge on any atom is -0.452 e. The van der Waals surface area contributed by atoms with Gasteiger partial charge in [-0.05, 0) is 64.8 Å². The third-order valence-corrected chi connectivity index (χ3v) is 3.57. The summed E-state index contributed by atoms with van der Waals surface area (Å²) in [5.41, 5.74) is 2.43. The predicted octanol–water partition coefficient (Wildman–Crippen LogP) is 4.81. The van der Waals surface area contributed by atoms with Crippen LogP contribution in [0.3, 0.4) is 0 Å². The number of hydrogen-bond donors (Lipinski definition) is 1. The Bertz CT molecular complexity index is 516. The van der Waals surface area contributed by atoms with Gasteiger partial charge >= 0.3 is 0 Å². The summed E-state index contributed by atoms with van der Waals surface area (Å²) in [7, 11) is 0. The summed E-state index contributed by atoms with van der Waals surface area (Å²) in [6.45, 7) is 5.07. The molecule has 1 heterocycles. The van der Waals surface area contributed by atoms with Gasteiger partial charge in [0.05, 0.1) is 6.04 Å². The minimum absolute atomic E-state index is 0.0810. The van der Waals surface area contributed by atoms with E-state index >= 15 is 0 Å². The molecule has 2 aromatic rings. The first kappa shape index (κ1) is 13.8. The van der Waals surface area contributed by atoms with Crippen molar-refractivity contribution in [2.75, 3.05) is 6.54 Å². The van der Waals surface area contributed by atoms with Crippen molar-refractivity contribution in [2.24, 2.45) is 0 Å². The Labute approximate surface area is 124 Å². The van der Waals surface area contributed by atoms with Crippen LogP contribution in [-0.4, -0.2) is 6.54 Å². The molecule has 2 nitrogen and oxygen atoms in total. The number of hydrogen-bond acceptors (Lipinski definition) is 2. The maximum absolute atomic E-state index is 5.67. The van der Waals surface area contributed by atoms with Crippen LogP contribution in [0.25, 0.3) is 0 Å². The fraction of sp³-hybridized carbons (Fsp3) is 0.286. The van der Waals surface area contributed by atoms with Crippen molar-refractivity contribution >= 4 is 31.9 Å². The lowest BCUT2D eigenvalue weighted by atomic mass is 10.0. The molecule has 1 aromatic heterocycles. The summed E-state index contributed by atoms with van der Waals surface area (Å²) in [5.74, 6) is 0.918. The van der Waals surface area contributed by atoms with Gasteiger partial charge in [0.1, 0.15) is 5.76 Å². The zero-order valence-corrected chi connectivity index (χ0v) is 13.5. The van der Waals surface area contributed by atoms with Gasteiger partial charge in [-0.3, -0.25) is 0 Å². The van der Waals surface area contributed by atoms with E-state index in [1.54, 1.807) is 0 Å². The fourth-order valence-corrected chi connectivity index (χ4v) is 2.95. The van der Waals surface area contributed by atoms with Gasteiger partial charge in [0.2, 0.25) is 0 Å². The van der Waals surface area contributed by atoms with E-state index in [0.29, 0.717) is 0 Å². The van der Waals surface area contributed by atoms with Gasteiger partial charge in [0, 0.05) is 4.47 Å². The Morgan fingerprint density at radius 3 is 2.56 bits per heavy atom. The Balaban J connectivity index is 2.40. The third-order valence-electron chi connectivity index (χ3n) is 2.68. The van der Waals surface area contributed by atoms with Crippen LogP contribution in [0.5, 0.6) is 0 Å². The molecule has 0 saturated heterocycles. The van der Waals surface area contributed by atoms with E-state index in [9.17, 15) is 0 Å². The van der Waals surface area contributed by atoms with E-state index in [1.807, 2.05) is 12.1 Å². The number of aryl methyl sites for hydroxylation is 1. The zero-order valence-electron chi connectivity index (χ0n) is 10.3. The van der Waals surface area contributed by atoms with Crippen molar-refractivity contribution in [2.45, 2.75) is 19.9 Å². The number of rotatable bonds is 4. The lowest BCUT2D eigenvalue weighted by molar-refractivity contribution is 0.437. The summed E-state index contributed by atoms with van der Waals surface area (Å²) in [5, 5.41) is 3.45. The average Bonchev–Trinajstić information content (AvgIpc) is 2.71. The monoisotopic (exact) mass is 371 g/mol. The van der Waals surface area contributed by atoms with Crippen molar-refractivity contribution in [3.05, 3.63) is 56.4 Å². The highest BCUT2D eigenvalue weighted by Gasteiger charge is 2.17. The molecular formula is C14H15Br2NO. The Morgan fingerprint density at radius 2 is 2.00 bits per heavy atom. The molecule has 1 unspecified atom stereocenters. The first-order valence-electron chi connectivity index (χ1n) is 5.86. The molecule has 0 spiro atoms. The molecule has 2 rings (SSSR count). The Hall–Kier alpha value is -0.580. The second kappa shape index (κ2) is 6.04. The summed E-state index contributed by atoms with van der Waals surface area (Å²) < 4.78 is 7.52. The number of nitrogens with one attached hydrogen (secondary N) is 1. The lowest BCUT2D eigenvalue weighted by Gasteiger charge is -2.17. The topological polar surface area (TPSA) is 25.2 Å².